The van der Waals surface area contributed by atoms with Gasteiger partial charge < -0.3 is 9.47 Å². The van der Waals surface area contributed by atoms with Crippen LogP contribution >= 0.6 is 0 Å². The van der Waals surface area contributed by atoms with E-state index in [1.165, 1.54) is 51.4 Å². The molecule has 1 fully saturated rings. The highest BCUT2D eigenvalue weighted by Gasteiger charge is 2.38. The molecule has 3 rings (SSSR count). The first-order chi connectivity index (χ1) is 18.6. The van der Waals surface area contributed by atoms with Crippen LogP contribution in [0.5, 0.6) is 11.5 Å². The number of rotatable bonds is 16. The molecule has 0 saturated heterocycles. The fraction of sp³-hybridized carbons (Fsp3) is 0.606. The van der Waals surface area contributed by atoms with Crippen molar-refractivity contribution in [2.24, 2.45) is 11.3 Å². The molecule has 0 unspecified atom stereocenters. The van der Waals surface area contributed by atoms with E-state index in [0.29, 0.717) is 12.4 Å². The fourth-order valence-electron chi connectivity index (χ4n) is 5.32. The lowest BCUT2D eigenvalue weighted by atomic mass is 9.69. The lowest BCUT2D eigenvalue weighted by molar-refractivity contribution is -0.140. The van der Waals surface area contributed by atoms with Crippen LogP contribution in [-0.4, -0.2) is 17.6 Å². The summed E-state index contributed by atoms with van der Waals surface area (Å²) in [6.45, 7) is 5.13. The second-order valence-electron chi connectivity index (χ2n) is 10.9. The third-order valence-corrected chi connectivity index (χ3v) is 7.89. The highest BCUT2D eigenvalue weighted by molar-refractivity contribution is 5.75. The monoisotopic (exact) mass is 518 g/mol. The molecule has 1 saturated carbocycles. The Morgan fingerprint density at radius 2 is 1.53 bits per heavy atom. The van der Waals surface area contributed by atoms with E-state index in [9.17, 15) is 10.1 Å². The van der Waals surface area contributed by atoms with E-state index >= 15 is 0 Å². The zero-order valence-corrected chi connectivity index (χ0v) is 23.6. The molecule has 0 bridgehead atoms. The molecular weight excluding hydrogens is 472 g/mol. The Morgan fingerprint density at radius 1 is 0.895 bits per heavy atom. The Kier molecular flexibility index (Phi) is 12.6. The summed E-state index contributed by atoms with van der Waals surface area (Å²) in [6, 6.07) is 14.0. The molecule has 1 aromatic carbocycles. The average molecular weight is 519 g/mol. The van der Waals surface area contributed by atoms with Crippen molar-refractivity contribution in [3.63, 3.8) is 0 Å². The van der Waals surface area contributed by atoms with Crippen molar-refractivity contribution in [2.75, 3.05) is 6.61 Å². The number of nitriles is 1. The SMILES string of the molecule is CCCCCCCCC[C@]1(C#N)CC[C@H](C(=O)Oc2ccc(-c3ccc(OCCCCC)cn3)cc2)CC1. The van der Waals surface area contributed by atoms with Crippen molar-refractivity contribution in [3.05, 3.63) is 42.6 Å². The summed E-state index contributed by atoms with van der Waals surface area (Å²) in [6.07, 6.45) is 18.0. The van der Waals surface area contributed by atoms with E-state index in [4.69, 9.17) is 9.47 Å². The maximum absolute atomic E-state index is 12.8. The average Bonchev–Trinajstić information content (AvgIpc) is 2.96. The minimum absolute atomic E-state index is 0.128. The van der Waals surface area contributed by atoms with Crippen molar-refractivity contribution in [1.82, 2.24) is 4.98 Å². The lowest BCUT2D eigenvalue weighted by Crippen LogP contribution is -2.31. The van der Waals surface area contributed by atoms with Crippen LogP contribution in [-0.2, 0) is 4.79 Å². The van der Waals surface area contributed by atoms with E-state index in [-0.39, 0.29) is 17.3 Å². The standard InChI is InChI=1S/C33H46N2O3/c1-3-5-7-8-9-10-11-21-33(26-34)22-19-28(20-23-33)32(36)38-29-15-13-27(14-16-29)31-18-17-30(25-35-31)37-24-12-6-4-2/h13-18,25,28H,3-12,19-24H2,1-2H3/t28-,33-. The molecule has 0 aliphatic heterocycles. The highest BCUT2D eigenvalue weighted by Crippen LogP contribution is 2.43. The quantitative estimate of drug-likeness (QED) is 0.126. The number of nitrogens with zero attached hydrogens (tertiary/aromatic N) is 2. The van der Waals surface area contributed by atoms with E-state index in [1.54, 1.807) is 6.20 Å². The van der Waals surface area contributed by atoms with Crippen LogP contribution in [0.2, 0.25) is 0 Å². The highest BCUT2D eigenvalue weighted by atomic mass is 16.5. The number of hydrogen-bond acceptors (Lipinski definition) is 5. The predicted molar refractivity (Wildman–Crippen MR) is 153 cm³/mol. The first-order valence-electron chi connectivity index (χ1n) is 14.9. The third-order valence-electron chi connectivity index (χ3n) is 7.89. The van der Waals surface area contributed by atoms with Crippen molar-refractivity contribution in [2.45, 2.75) is 110 Å². The Bertz CT molecular complexity index is 986. The van der Waals surface area contributed by atoms with Gasteiger partial charge in [-0.15, -0.1) is 0 Å². The Balaban J connectivity index is 1.42. The zero-order chi connectivity index (χ0) is 27.1. The molecule has 1 aromatic heterocycles. The molecule has 1 aliphatic carbocycles. The summed E-state index contributed by atoms with van der Waals surface area (Å²) in [5, 5.41) is 9.89. The number of esters is 1. The third kappa shape index (κ3) is 9.46. The maximum atomic E-state index is 12.8. The van der Waals surface area contributed by atoms with Gasteiger partial charge in [-0.2, -0.15) is 5.26 Å². The Hall–Kier alpha value is -2.87. The molecule has 1 aliphatic rings. The second-order valence-corrected chi connectivity index (χ2v) is 10.9. The van der Waals surface area contributed by atoms with Crippen LogP contribution in [0, 0.1) is 22.7 Å². The number of carbonyl (C=O) groups excluding carboxylic acids is 1. The minimum Gasteiger partial charge on any atom is -0.492 e. The molecule has 0 amide bonds. The molecule has 5 heteroatoms. The number of carbonyl (C=O) groups is 1. The molecule has 5 nitrogen and oxygen atoms in total. The Labute approximate surface area is 230 Å². The first-order valence-corrected chi connectivity index (χ1v) is 14.9. The molecular formula is C33H46N2O3. The summed E-state index contributed by atoms with van der Waals surface area (Å²) in [7, 11) is 0. The van der Waals surface area contributed by atoms with E-state index in [0.717, 1.165) is 62.0 Å². The molecule has 0 N–H and O–H groups in total. The fourth-order valence-corrected chi connectivity index (χ4v) is 5.32. The second kappa shape index (κ2) is 16.2. The van der Waals surface area contributed by atoms with Crippen LogP contribution < -0.4 is 9.47 Å². The van der Waals surface area contributed by atoms with Crippen LogP contribution in [0.1, 0.15) is 110 Å². The Morgan fingerprint density at radius 3 is 2.16 bits per heavy atom. The van der Waals surface area contributed by atoms with Crippen molar-refractivity contribution in [3.8, 4) is 28.8 Å². The van der Waals surface area contributed by atoms with E-state index < -0.39 is 0 Å². The summed E-state index contributed by atoms with van der Waals surface area (Å²) >= 11 is 0. The summed E-state index contributed by atoms with van der Waals surface area (Å²) < 4.78 is 11.5. The van der Waals surface area contributed by atoms with Crippen molar-refractivity contribution < 1.29 is 14.3 Å². The van der Waals surface area contributed by atoms with Crippen molar-refractivity contribution >= 4 is 5.97 Å². The van der Waals surface area contributed by atoms with Gasteiger partial charge in [0.25, 0.3) is 0 Å². The maximum Gasteiger partial charge on any atom is 0.314 e. The van der Waals surface area contributed by atoms with Crippen LogP contribution in [0.25, 0.3) is 11.3 Å². The molecule has 1 heterocycles. The van der Waals surface area contributed by atoms with Gasteiger partial charge in [0, 0.05) is 5.56 Å². The largest absolute Gasteiger partial charge is 0.492 e. The summed E-state index contributed by atoms with van der Waals surface area (Å²) in [5.74, 6) is 1.03. The van der Waals surface area contributed by atoms with Gasteiger partial charge in [-0.25, -0.2) is 0 Å². The minimum atomic E-state index is -0.259. The smallest absolute Gasteiger partial charge is 0.314 e. The van der Waals surface area contributed by atoms with Gasteiger partial charge in [0.1, 0.15) is 11.5 Å². The molecule has 38 heavy (non-hydrogen) atoms. The predicted octanol–water partition coefficient (Wildman–Crippen LogP) is 9.06. The molecule has 0 atom stereocenters. The van der Waals surface area contributed by atoms with Gasteiger partial charge in [-0.3, -0.25) is 9.78 Å². The summed E-state index contributed by atoms with van der Waals surface area (Å²) in [4.78, 5) is 17.4. The van der Waals surface area contributed by atoms with Gasteiger partial charge in [0.2, 0.25) is 0 Å². The van der Waals surface area contributed by atoms with Crippen LogP contribution in [0.4, 0.5) is 0 Å². The number of unbranched alkanes of at least 4 members (excludes halogenated alkanes) is 8. The normalized spacial score (nSPS) is 19.0. The van der Waals surface area contributed by atoms with Crippen LogP contribution in [0.3, 0.4) is 0 Å². The first kappa shape index (κ1) is 29.7. The van der Waals surface area contributed by atoms with Gasteiger partial charge in [0.05, 0.1) is 35.9 Å². The van der Waals surface area contributed by atoms with Gasteiger partial charge in [-0.1, -0.05) is 71.6 Å². The molecule has 206 valence electrons. The lowest BCUT2D eigenvalue weighted by Gasteiger charge is -2.34. The molecule has 0 spiro atoms. The van der Waals surface area contributed by atoms with E-state index in [2.05, 4.69) is 24.9 Å². The van der Waals surface area contributed by atoms with Crippen LogP contribution in [0.15, 0.2) is 42.6 Å². The number of ether oxygens (including phenoxy) is 2. The molecule has 0 radical (unpaired) electrons. The number of hydrogen-bond donors (Lipinski definition) is 0. The molecule has 2 aromatic rings. The topological polar surface area (TPSA) is 72.2 Å². The zero-order valence-electron chi connectivity index (χ0n) is 23.6. The number of benzene rings is 1. The summed E-state index contributed by atoms with van der Waals surface area (Å²) in [5.41, 5.74) is 1.55. The van der Waals surface area contributed by atoms with Gasteiger partial charge >= 0.3 is 5.97 Å². The van der Waals surface area contributed by atoms with Crippen molar-refractivity contribution in [1.29, 1.82) is 5.26 Å². The van der Waals surface area contributed by atoms with E-state index in [1.807, 2.05) is 36.4 Å². The number of aromatic nitrogens is 1. The van der Waals surface area contributed by atoms with Gasteiger partial charge in [0.15, 0.2) is 0 Å². The number of pyridine rings is 1. The van der Waals surface area contributed by atoms with Gasteiger partial charge in [-0.05, 0) is 74.9 Å².